The molecule has 1 aromatic heterocycles. The first-order valence-corrected chi connectivity index (χ1v) is 7.40. The van der Waals surface area contributed by atoms with E-state index in [4.69, 9.17) is 0 Å². The summed E-state index contributed by atoms with van der Waals surface area (Å²) in [6.07, 6.45) is -2.86. The van der Waals surface area contributed by atoms with Crippen molar-refractivity contribution in [3.05, 3.63) is 36.5 Å². The van der Waals surface area contributed by atoms with Crippen LogP contribution in [0.5, 0.6) is 0 Å². The predicted octanol–water partition coefficient (Wildman–Crippen LogP) is 2.73. The molecule has 24 heavy (non-hydrogen) atoms. The molecule has 1 aromatic carbocycles. The summed E-state index contributed by atoms with van der Waals surface area (Å²) in [6, 6.07) is 7.58. The van der Waals surface area contributed by atoms with Crippen molar-refractivity contribution in [1.82, 2.24) is 9.88 Å². The lowest BCUT2D eigenvalue weighted by Crippen LogP contribution is -2.48. The number of likely N-dealkylation sites (tertiary alicyclic amines) is 1. The lowest BCUT2D eigenvalue weighted by atomic mass is 10.1. The fourth-order valence-corrected chi connectivity index (χ4v) is 2.87. The van der Waals surface area contributed by atoms with Crippen LogP contribution in [-0.2, 0) is 9.59 Å². The molecular formula is C16H14F3N3O2. The number of amides is 2. The minimum atomic E-state index is -4.98. The van der Waals surface area contributed by atoms with E-state index in [2.05, 4.69) is 10.3 Å². The molecule has 3 rings (SSSR count). The third-order valence-corrected chi connectivity index (χ3v) is 3.95. The number of rotatable bonds is 2. The summed E-state index contributed by atoms with van der Waals surface area (Å²) in [6.45, 7) is -0.0791. The number of carbonyl (C=O) groups excluding carboxylic acids is 2. The van der Waals surface area contributed by atoms with Gasteiger partial charge in [0, 0.05) is 18.1 Å². The molecule has 126 valence electrons. The molecule has 5 nitrogen and oxygen atoms in total. The first kappa shape index (κ1) is 16.2. The minimum Gasteiger partial charge on any atom is -0.323 e. The molecule has 1 N–H and O–H groups in total. The normalized spacial score (nSPS) is 18.0. The number of carbonyl (C=O) groups is 2. The topological polar surface area (TPSA) is 62.3 Å². The molecular weight excluding hydrogens is 323 g/mol. The zero-order valence-electron chi connectivity index (χ0n) is 12.5. The molecule has 1 saturated heterocycles. The van der Waals surface area contributed by atoms with Gasteiger partial charge in [-0.05, 0) is 25.0 Å². The Labute approximate surface area is 135 Å². The Kier molecular flexibility index (Phi) is 4.13. The molecule has 1 aliphatic rings. The smallest absolute Gasteiger partial charge is 0.323 e. The zero-order valence-corrected chi connectivity index (χ0v) is 12.5. The Morgan fingerprint density at radius 1 is 1.21 bits per heavy atom. The number of hydrogen-bond donors (Lipinski definition) is 1. The van der Waals surface area contributed by atoms with Crippen LogP contribution >= 0.6 is 0 Å². The van der Waals surface area contributed by atoms with Crippen LogP contribution < -0.4 is 5.32 Å². The monoisotopic (exact) mass is 337 g/mol. The van der Waals surface area contributed by atoms with E-state index < -0.39 is 24.0 Å². The van der Waals surface area contributed by atoms with Gasteiger partial charge in [0.2, 0.25) is 5.91 Å². The van der Waals surface area contributed by atoms with Crippen LogP contribution in [0.25, 0.3) is 10.9 Å². The summed E-state index contributed by atoms with van der Waals surface area (Å²) in [4.78, 5) is 28.6. The number of fused-ring (bicyclic) bond motifs is 1. The highest BCUT2D eigenvalue weighted by atomic mass is 19.4. The lowest BCUT2D eigenvalue weighted by molar-refractivity contribution is -0.186. The highest BCUT2D eigenvalue weighted by Gasteiger charge is 2.47. The lowest BCUT2D eigenvalue weighted by Gasteiger charge is -2.24. The third-order valence-electron chi connectivity index (χ3n) is 3.95. The fraction of sp³-hybridized carbons (Fsp3) is 0.312. The van der Waals surface area contributed by atoms with Gasteiger partial charge in [-0.25, -0.2) is 0 Å². The summed E-state index contributed by atoms with van der Waals surface area (Å²) < 4.78 is 37.9. The molecule has 0 aliphatic carbocycles. The second kappa shape index (κ2) is 6.10. The number of nitrogens with zero attached hydrogens (tertiary/aromatic N) is 2. The molecule has 0 saturated carbocycles. The Balaban J connectivity index is 1.82. The summed E-state index contributed by atoms with van der Waals surface area (Å²) >= 11 is 0. The van der Waals surface area contributed by atoms with Gasteiger partial charge in [0.05, 0.1) is 11.2 Å². The molecule has 1 aliphatic heterocycles. The SMILES string of the molecule is O=C(Nc1cccc2cccnc12)C1CCCN1C(=O)C(F)(F)F. The van der Waals surface area contributed by atoms with E-state index in [1.807, 2.05) is 12.1 Å². The van der Waals surface area contributed by atoms with E-state index in [-0.39, 0.29) is 13.0 Å². The van der Waals surface area contributed by atoms with Gasteiger partial charge in [0.25, 0.3) is 0 Å². The molecule has 2 heterocycles. The number of anilines is 1. The Morgan fingerprint density at radius 2 is 1.96 bits per heavy atom. The van der Waals surface area contributed by atoms with Crippen LogP contribution in [0.4, 0.5) is 18.9 Å². The number of benzene rings is 1. The van der Waals surface area contributed by atoms with Crippen molar-refractivity contribution < 1.29 is 22.8 Å². The summed E-state index contributed by atoms with van der Waals surface area (Å²) in [5, 5.41) is 3.40. The van der Waals surface area contributed by atoms with E-state index in [0.29, 0.717) is 22.5 Å². The molecule has 2 amide bonds. The largest absolute Gasteiger partial charge is 0.471 e. The molecule has 1 fully saturated rings. The van der Waals surface area contributed by atoms with E-state index >= 15 is 0 Å². The van der Waals surface area contributed by atoms with Crippen molar-refractivity contribution in [3.63, 3.8) is 0 Å². The minimum absolute atomic E-state index is 0.0791. The first-order chi connectivity index (χ1) is 11.4. The summed E-state index contributed by atoms with van der Waals surface area (Å²) in [7, 11) is 0. The quantitative estimate of drug-likeness (QED) is 0.916. The number of nitrogens with one attached hydrogen (secondary N) is 1. The van der Waals surface area contributed by atoms with Crippen molar-refractivity contribution in [2.24, 2.45) is 0 Å². The maximum Gasteiger partial charge on any atom is 0.471 e. The van der Waals surface area contributed by atoms with Crippen molar-refractivity contribution in [2.75, 3.05) is 11.9 Å². The van der Waals surface area contributed by atoms with Crippen LogP contribution in [-0.4, -0.2) is 40.5 Å². The second-order valence-electron chi connectivity index (χ2n) is 5.52. The van der Waals surface area contributed by atoms with Gasteiger partial charge in [-0.1, -0.05) is 18.2 Å². The fourth-order valence-electron chi connectivity index (χ4n) is 2.87. The van der Waals surface area contributed by atoms with Crippen LogP contribution in [0, 0.1) is 0 Å². The number of alkyl halides is 3. The van der Waals surface area contributed by atoms with Crippen LogP contribution in [0.15, 0.2) is 36.5 Å². The van der Waals surface area contributed by atoms with Gasteiger partial charge in [0.1, 0.15) is 6.04 Å². The maximum absolute atomic E-state index is 12.6. The van der Waals surface area contributed by atoms with E-state index in [1.165, 1.54) is 0 Å². The van der Waals surface area contributed by atoms with Crippen molar-refractivity contribution in [3.8, 4) is 0 Å². The first-order valence-electron chi connectivity index (χ1n) is 7.40. The summed E-state index contributed by atoms with van der Waals surface area (Å²) in [5.41, 5.74) is 0.949. The predicted molar refractivity (Wildman–Crippen MR) is 81.2 cm³/mol. The number of pyridine rings is 1. The molecule has 0 radical (unpaired) electrons. The van der Waals surface area contributed by atoms with Gasteiger partial charge >= 0.3 is 12.1 Å². The second-order valence-corrected chi connectivity index (χ2v) is 5.52. The number of aromatic nitrogens is 1. The van der Waals surface area contributed by atoms with Crippen LogP contribution in [0.2, 0.25) is 0 Å². The van der Waals surface area contributed by atoms with E-state index in [9.17, 15) is 22.8 Å². The molecule has 1 atom stereocenters. The molecule has 0 bridgehead atoms. The van der Waals surface area contributed by atoms with Gasteiger partial charge in [0.15, 0.2) is 0 Å². The van der Waals surface area contributed by atoms with Crippen molar-refractivity contribution in [1.29, 1.82) is 0 Å². The number of para-hydroxylation sites is 1. The van der Waals surface area contributed by atoms with E-state index in [0.717, 1.165) is 5.39 Å². The molecule has 8 heteroatoms. The van der Waals surface area contributed by atoms with Gasteiger partial charge in [-0.2, -0.15) is 13.2 Å². The molecule has 0 spiro atoms. The highest BCUT2D eigenvalue weighted by Crippen LogP contribution is 2.27. The molecule has 1 unspecified atom stereocenters. The van der Waals surface area contributed by atoms with Gasteiger partial charge < -0.3 is 10.2 Å². The highest BCUT2D eigenvalue weighted by molar-refractivity contribution is 6.03. The maximum atomic E-state index is 12.6. The number of hydrogen-bond acceptors (Lipinski definition) is 3. The van der Waals surface area contributed by atoms with E-state index in [1.54, 1.807) is 24.4 Å². The number of halogens is 3. The summed E-state index contributed by atoms with van der Waals surface area (Å²) in [5.74, 6) is -2.61. The van der Waals surface area contributed by atoms with Crippen LogP contribution in [0.3, 0.4) is 0 Å². The van der Waals surface area contributed by atoms with Crippen LogP contribution in [0.1, 0.15) is 12.8 Å². The average molecular weight is 337 g/mol. The average Bonchev–Trinajstić information content (AvgIpc) is 3.03. The van der Waals surface area contributed by atoms with Crippen molar-refractivity contribution >= 4 is 28.4 Å². The van der Waals surface area contributed by atoms with Gasteiger partial charge in [-0.3, -0.25) is 14.6 Å². The Bertz CT molecular complexity index is 786. The van der Waals surface area contributed by atoms with Crippen molar-refractivity contribution in [2.45, 2.75) is 25.1 Å². The zero-order chi connectivity index (χ0) is 17.3. The van der Waals surface area contributed by atoms with Gasteiger partial charge in [-0.15, -0.1) is 0 Å². The molecule has 2 aromatic rings. The Hall–Kier alpha value is -2.64. The standard InChI is InChI=1S/C16H14F3N3O2/c17-16(18,19)15(24)22-9-3-7-12(22)14(23)21-11-6-1-4-10-5-2-8-20-13(10)11/h1-2,4-6,8,12H,3,7,9H2,(H,21,23). The Morgan fingerprint density at radius 3 is 2.71 bits per heavy atom. The third kappa shape index (κ3) is 3.04.